The third-order valence-electron chi connectivity index (χ3n) is 3.86. The fourth-order valence-corrected chi connectivity index (χ4v) is 3.43. The molecule has 2 aliphatic rings. The van der Waals surface area contributed by atoms with Gasteiger partial charge in [-0.2, -0.15) is 13.2 Å². The number of nitrogens with zero attached hydrogens (tertiary/aromatic N) is 3. The monoisotopic (exact) mass is 363 g/mol. The van der Waals surface area contributed by atoms with Gasteiger partial charge in [0.2, 0.25) is 11.0 Å². The van der Waals surface area contributed by atoms with Crippen LogP contribution in [-0.4, -0.2) is 52.3 Å². The van der Waals surface area contributed by atoms with E-state index in [1.54, 1.807) is 0 Å². The maximum absolute atomic E-state index is 12.3. The Balaban J connectivity index is 1.57. The van der Waals surface area contributed by atoms with Gasteiger partial charge in [0.05, 0.1) is 0 Å². The smallest absolute Gasteiger partial charge is 0.345 e. The number of alkyl halides is 3. The Kier molecular flexibility index (Phi) is 4.61. The SMILES string of the molecule is O=C(NCC(F)(F)F)[C@H]1CCCN1C(=O)Nc1nnc(C2CC2)s1. The Morgan fingerprint density at radius 1 is 1.25 bits per heavy atom. The average molecular weight is 363 g/mol. The van der Waals surface area contributed by atoms with Gasteiger partial charge in [0.1, 0.15) is 17.6 Å². The van der Waals surface area contributed by atoms with Crippen LogP contribution in [0.3, 0.4) is 0 Å². The molecule has 0 bridgehead atoms. The summed E-state index contributed by atoms with van der Waals surface area (Å²) in [6.45, 7) is -1.09. The highest BCUT2D eigenvalue weighted by atomic mass is 32.1. The van der Waals surface area contributed by atoms with Gasteiger partial charge < -0.3 is 10.2 Å². The molecule has 1 saturated carbocycles. The molecule has 1 saturated heterocycles. The molecule has 0 aromatic carbocycles. The van der Waals surface area contributed by atoms with Crippen LogP contribution < -0.4 is 10.6 Å². The number of likely N-dealkylation sites (tertiary alicyclic amines) is 1. The van der Waals surface area contributed by atoms with Gasteiger partial charge in [-0.3, -0.25) is 10.1 Å². The second-order valence-electron chi connectivity index (χ2n) is 5.83. The molecule has 2 N–H and O–H groups in total. The Hall–Kier alpha value is -1.91. The summed E-state index contributed by atoms with van der Waals surface area (Å²) in [4.78, 5) is 25.4. The van der Waals surface area contributed by atoms with Crippen LogP contribution in [0.1, 0.15) is 36.6 Å². The Morgan fingerprint density at radius 2 is 2.00 bits per heavy atom. The molecular weight excluding hydrogens is 347 g/mol. The van der Waals surface area contributed by atoms with Crippen molar-refractivity contribution in [3.63, 3.8) is 0 Å². The van der Waals surface area contributed by atoms with Crippen LogP contribution in [-0.2, 0) is 4.79 Å². The van der Waals surface area contributed by atoms with Crippen LogP contribution in [0.25, 0.3) is 0 Å². The lowest BCUT2D eigenvalue weighted by Crippen LogP contribution is -2.49. The van der Waals surface area contributed by atoms with E-state index in [4.69, 9.17) is 0 Å². The number of halogens is 3. The predicted molar refractivity (Wildman–Crippen MR) is 79.7 cm³/mol. The first-order valence-electron chi connectivity index (χ1n) is 7.59. The van der Waals surface area contributed by atoms with Gasteiger partial charge in [0, 0.05) is 12.5 Å². The zero-order valence-electron chi connectivity index (χ0n) is 12.6. The van der Waals surface area contributed by atoms with Crippen LogP contribution in [0.4, 0.5) is 23.1 Å². The van der Waals surface area contributed by atoms with Crippen LogP contribution in [0.15, 0.2) is 0 Å². The molecule has 11 heteroatoms. The first-order chi connectivity index (χ1) is 11.3. The van der Waals surface area contributed by atoms with Gasteiger partial charge in [0.25, 0.3) is 0 Å². The van der Waals surface area contributed by atoms with Crippen molar-refractivity contribution in [1.82, 2.24) is 20.4 Å². The van der Waals surface area contributed by atoms with Crippen molar-refractivity contribution in [3.8, 4) is 0 Å². The van der Waals surface area contributed by atoms with Gasteiger partial charge in [0.15, 0.2) is 0 Å². The van der Waals surface area contributed by atoms with Crippen molar-refractivity contribution in [3.05, 3.63) is 5.01 Å². The number of aromatic nitrogens is 2. The molecule has 132 valence electrons. The lowest BCUT2D eigenvalue weighted by Gasteiger charge is -2.23. The van der Waals surface area contributed by atoms with Crippen molar-refractivity contribution in [2.45, 2.75) is 43.8 Å². The summed E-state index contributed by atoms with van der Waals surface area (Å²) in [5.41, 5.74) is 0. The number of urea groups is 1. The molecule has 3 amide bonds. The Labute approximate surface area is 139 Å². The number of carbonyl (C=O) groups excluding carboxylic acids is 2. The van der Waals surface area contributed by atoms with Crippen LogP contribution in [0.5, 0.6) is 0 Å². The summed E-state index contributed by atoms with van der Waals surface area (Å²) in [6.07, 6.45) is -1.46. The summed E-state index contributed by atoms with van der Waals surface area (Å²) < 4.78 is 36.6. The van der Waals surface area contributed by atoms with Gasteiger partial charge in [-0.25, -0.2) is 4.79 Å². The van der Waals surface area contributed by atoms with E-state index in [1.165, 1.54) is 16.2 Å². The number of nitrogens with one attached hydrogen (secondary N) is 2. The summed E-state index contributed by atoms with van der Waals surface area (Å²) in [7, 11) is 0. The standard InChI is InChI=1S/C13H16F3N5O2S/c14-13(15,16)6-17-9(22)8-2-1-5-21(8)12(23)18-11-20-19-10(24-11)7-3-4-7/h7-8H,1-6H2,(H,17,22)(H,18,20,23)/t8-/m1/s1. The number of hydrogen-bond acceptors (Lipinski definition) is 5. The third-order valence-corrected chi connectivity index (χ3v) is 4.86. The second kappa shape index (κ2) is 6.54. The lowest BCUT2D eigenvalue weighted by molar-refractivity contribution is -0.140. The largest absolute Gasteiger partial charge is 0.405 e. The minimum Gasteiger partial charge on any atom is -0.345 e. The van der Waals surface area contributed by atoms with Crippen molar-refractivity contribution in [1.29, 1.82) is 0 Å². The van der Waals surface area contributed by atoms with Gasteiger partial charge >= 0.3 is 12.2 Å². The minimum atomic E-state index is -4.48. The summed E-state index contributed by atoms with van der Waals surface area (Å²) >= 11 is 1.28. The molecule has 0 unspecified atom stereocenters. The van der Waals surface area contributed by atoms with E-state index in [1.807, 2.05) is 5.32 Å². The van der Waals surface area contributed by atoms with Crippen LogP contribution in [0.2, 0.25) is 0 Å². The van der Waals surface area contributed by atoms with Crippen molar-refractivity contribution in [2.75, 3.05) is 18.4 Å². The molecule has 3 rings (SSSR count). The van der Waals surface area contributed by atoms with E-state index >= 15 is 0 Å². The second-order valence-corrected chi connectivity index (χ2v) is 6.84. The number of hydrogen-bond donors (Lipinski definition) is 2. The molecule has 24 heavy (non-hydrogen) atoms. The average Bonchev–Trinajstić information content (AvgIpc) is 3.06. The van der Waals surface area contributed by atoms with Crippen LogP contribution >= 0.6 is 11.3 Å². The summed E-state index contributed by atoms with van der Waals surface area (Å²) in [5.74, 6) is -0.378. The first-order valence-corrected chi connectivity index (χ1v) is 8.40. The molecule has 1 aliphatic heterocycles. The topological polar surface area (TPSA) is 87.2 Å². The molecule has 1 aromatic rings. The van der Waals surface area contributed by atoms with E-state index in [0.717, 1.165) is 17.8 Å². The Morgan fingerprint density at radius 3 is 2.67 bits per heavy atom. The lowest BCUT2D eigenvalue weighted by atomic mass is 10.2. The molecule has 1 atom stereocenters. The number of amides is 3. The fourth-order valence-electron chi connectivity index (χ4n) is 2.53. The molecule has 0 radical (unpaired) electrons. The highest BCUT2D eigenvalue weighted by Crippen LogP contribution is 2.42. The number of anilines is 1. The van der Waals surface area contributed by atoms with E-state index in [0.29, 0.717) is 30.4 Å². The van der Waals surface area contributed by atoms with Gasteiger partial charge in [-0.15, -0.1) is 10.2 Å². The van der Waals surface area contributed by atoms with Crippen LogP contribution in [0, 0.1) is 0 Å². The van der Waals surface area contributed by atoms with E-state index in [2.05, 4.69) is 15.5 Å². The van der Waals surface area contributed by atoms with E-state index < -0.39 is 30.7 Å². The minimum absolute atomic E-state index is 0.310. The summed E-state index contributed by atoms with van der Waals surface area (Å²) in [5, 5.41) is 13.5. The molecule has 2 heterocycles. The fraction of sp³-hybridized carbons (Fsp3) is 0.692. The van der Waals surface area contributed by atoms with Gasteiger partial charge in [-0.05, 0) is 25.7 Å². The maximum Gasteiger partial charge on any atom is 0.405 e. The molecule has 1 aromatic heterocycles. The highest BCUT2D eigenvalue weighted by molar-refractivity contribution is 7.15. The molecule has 1 aliphatic carbocycles. The molecular formula is C13H16F3N5O2S. The summed E-state index contributed by atoms with van der Waals surface area (Å²) in [6, 6.07) is -1.44. The van der Waals surface area contributed by atoms with E-state index in [9.17, 15) is 22.8 Å². The van der Waals surface area contributed by atoms with Crippen molar-refractivity contribution in [2.24, 2.45) is 0 Å². The first kappa shape index (κ1) is 16.9. The third kappa shape index (κ3) is 4.13. The molecule has 2 fully saturated rings. The molecule has 7 nitrogen and oxygen atoms in total. The predicted octanol–water partition coefficient (Wildman–Crippen LogP) is 2.09. The zero-order valence-corrected chi connectivity index (χ0v) is 13.4. The quantitative estimate of drug-likeness (QED) is 0.858. The highest BCUT2D eigenvalue weighted by Gasteiger charge is 2.37. The number of rotatable bonds is 4. The zero-order chi connectivity index (χ0) is 17.3. The van der Waals surface area contributed by atoms with Crippen molar-refractivity contribution < 1.29 is 22.8 Å². The molecule has 0 spiro atoms. The maximum atomic E-state index is 12.3. The Bertz CT molecular complexity index is 631. The van der Waals surface area contributed by atoms with Gasteiger partial charge in [-0.1, -0.05) is 11.3 Å². The van der Waals surface area contributed by atoms with E-state index in [-0.39, 0.29) is 0 Å². The number of carbonyl (C=O) groups is 2. The van der Waals surface area contributed by atoms with Crippen molar-refractivity contribution >= 4 is 28.4 Å². The normalized spacial score (nSPS) is 21.0.